The van der Waals surface area contributed by atoms with Gasteiger partial charge in [0.05, 0.1) is 26.7 Å². The summed E-state index contributed by atoms with van der Waals surface area (Å²) in [5.41, 5.74) is 8.59. The normalized spacial score (nSPS) is 11.2. The van der Waals surface area contributed by atoms with E-state index in [-0.39, 0.29) is 5.69 Å². The van der Waals surface area contributed by atoms with Gasteiger partial charge in [0.25, 0.3) is 5.69 Å². The molecule has 1 aromatic heterocycles. The highest BCUT2D eigenvalue weighted by Crippen LogP contribution is 2.40. The lowest BCUT2D eigenvalue weighted by atomic mass is 10.0. The lowest BCUT2D eigenvalue weighted by Crippen LogP contribution is -1.92. The molecule has 9 heteroatoms. The van der Waals surface area contributed by atoms with Gasteiger partial charge in [-0.05, 0) is 49.2 Å². The number of aryl methyl sites for hydroxylation is 2. The van der Waals surface area contributed by atoms with Gasteiger partial charge in [-0.25, -0.2) is 4.98 Å². The van der Waals surface area contributed by atoms with Crippen molar-refractivity contribution in [2.75, 3.05) is 5.43 Å². The van der Waals surface area contributed by atoms with E-state index in [1.165, 1.54) is 23.5 Å². The van der Waals surface area contributed by atoms with E-state index in [1.807, 2.05) is 26.0 Å². The molecule has 0 saturated heterocycles. The first-order valence-electron chi connectivity index (χ1n) is 9.89. The lowest BCUT2D eigenvalue weighted by molar-refractivity contribution is -0.384. The van der Waals surface area contributed by atoms with Crippen molar-refractivity contribution in [3.8, 4) is 21.7 Å². The van der Waals surface area contributed by atoms with Crippen molar-refractivity contribution in [1.82, 2.24) is 4.98 Å². The highest BCUT2D eigenvalue weighted by Gasteiger charge is 2.17. The molecule has 1 heterocycles. The van der Waals surface area contributed by atoms with E-state index in [2.05, 4.69) is 16.6 Å². The quantitative estimate of drug-likeness (QED) is 0.168. The largest absolute Gasteiger partial charge is 0.269 e. The van der Waals surface area contributed by atoms with Crippen LogP contribution in [0.3, 0.4) is 0 Å². The van der Waals surface area contributed by atoms with Gasteiger partial charge in [0.15, 0.2) is 0 Å². The van der Waals surface area contributed by atoms with Crippen LogP contribution >= 0.6 is 34.5 Å². The summed E-state index contributed by atoms with van der Waals surface area (Å²) in [6, 6.07) is 17.8. The first kappa shape index (κ1) is 22.9. The van der Waals surface area contributed by atoms with Crippen molar-refractivity contribution >= 4 is 51.6 Å². The summed E-state index contributed by atoms with van der Waals surface area (Å²) in [5.74, 6) is 0. The summed E-state index contributed by atoms with van der Waals surface area (Å²) in [4.78, 5) is 16.3. The Morgan fingerprint density at radius 1 is 1.06 bits per heavy atom. The second-order valence-electron chi connectivity index (χ2n) is 7.35. The van der Waals surface area contributed by atoms with Crippen LogP contribution in [0.1, 0.15) is 16.7 Å². The third-order valence-electron chi connectivity index (χ3n) is 4.93. The van der Waals surface area contributed by atoms with Crippen molar-refractivity contribution in [2.45, 2.75) is 13.8 Å². The monoisotopic (exact) mass is 496 g/mol. The number of benzene rings is 3. The Balaban J connectivity index is 1.71. The molecule has 0 radical (unpaired) electrons. The third kappa shape index (κ3) is 5.22. The van der Waals surface area contributed by atoms with Crippen LogP contribution in [0.5, 0.6) is 0 Å². The molecule has 33 heavy (non-hydrogen) atoms. The minimum absolute atomic E-state index is 0.0409. The van der Waals surface area contributed by atoms with Gasteiger partial charge in [0.2, 0.25) is 5.13 Å². The zero-order valence-electron chi connectivity index (χ0n) is 17.7. The molecule has 0 atom stereocenters. The minimum Gasteiger partial charge on any atom is -0.258 e. The van der Waals surface area contributed by atoms with Crippen LogP contribution in [0.2, 0.25) is 10.0 Å². The van der Waals surface area contributed by atoms with Gasteiger partial charge in [-0.3, -0.25) is 15.5 Å². The van der Waals surface area contributed by atoms with Crippen LogP contribution in [-0.2, 0) is 0 Å². The van der Waals surface area contributed by atoms with Gasteiger partial charge in [0, 0.05) is 28.3 Å². The van der Waals surface area contributed by atoms with Crippen molar-refractivity contribution in [2.24, 2.45) is 5.10 Å². The second kappa shape index (κ2) is 9.70. The number of nitrogens with one attached hydrogen (secondary N) is 1. The molecule has 0 amide bonds. The standard InChI is InChI=1S/C24H18Cl2N4O2S/c1-14-3-10-20(15(2)11-14)22-23(16-5-8-19(9-6-16)30(31)32)33-24(28-22)29-27-13-17-4-7-18(25)12-21(17)26/h3-13H,1-2H3,(H,28,29)/b27-13-. The van der Waals surface area contributed by atoms with Crippen molar-refractivity contribution < 1.29 is 4.92 Å². The zero-order valence-corrected chi connectivity index (χ0v) is 20.0. The maximum atomic E-state index is 11.0. The first-order chi connectivity index (χ1) is 15.8. The molecular formula is C24H18Cl2N4O2S. The molecule has 4 aromatic rings. The molecule has 0 bridgehead atoms. The fourth-order valence-corrected chi connectivity index (χ4v) is 4.72. The molecule has 4 rings (SSSR count). The van der Waals surface area contributed by atoms with Crippen LogP contribution in [0.15, 0.2) is 65.8 Å². The number of thiazole rings is 1. The maximum absolute atomic E-state index is 11.0. The number of rotatable bonds is 6. The van der Waals surface area contributed by atoms with Crippen LogP contribution in [0.4, 0.5) is 10.8 Å². The number of halogens is 2. The topological polar surface area (TPSA) is 80.4 Å². The molecular weight excluding hydrogens is 479 g/mol. The molecule has 6 nitrogen and oxygen atoms in total. The Bertz CT molecular complexity index is 1370. The van der Waals surface area contributed by atoms with E-state index in [0.29, 0.717) is 15.2 Å². The SMILES string of the molecule is Cc1ccc(-c2nc(N/N=C\c3ccc(Cl)cc3Cl)sc2-c2ccc([N+](=O)[O-])cc2)c(C)c1. The summed E-state index contributed by atoms with van der Waals surface area (Å²) in [7, 11) is 0. The van der Waals surface area contributed by atoms with Gasteiger partial charge in [-0.1, -0.05) is 64.4 Å². The third-order valence-corrected chi connectivity index (χ3v) is 6.50. The molecule has 1 N–H and O–H groups in total. The van der Waals surface area contributed by atoms with Crippen LogP contribution < -0.4 is 5.43 Å². The highest BCUT2D eigenvalue weighted by molar-refractivity contribution is 7.19. The number of hydrogen-bond acceptors (Lipinski definition) is 6. The molecule has 3 aromatic carbocycles. The van der Waals surface area contributed by atoms with E-state index < -0.39 is 4.92 Å². The molecule has 166 valence electrons. The Morgan fingerprint density at radius 2 is 1.82 bits per heavy atom. The Labute approximate surface area is 204 Å². The molecule has 0 fully saturated rings. The molecule has 0 spiro atoms. The summed E-state index contributed by atoms with van der Waals surface area (Å²) in [6.07, 6.45) is 1.60. The average Bonchev–Trinajstić information content (AvgIpc) is 3.19. The molecule has 0 aliphatic heterocycles. The number of non-ortho nitro benzene ring substituents is 1. The summed E-state index contributed by atoms with van der Waals surface area (Å²) < 4.78 is 0. The number of anilines is 1. The second-order valence-corrected chi connectivity index (χ2v) is 9.20. The highest BCUT2D eigenvalue weighted by atomic mass is 35.5. The fourth-order valence-electron chi connectivity index (χ4n) is 3.32. The van der Waals surface area contributed by atoms with Crippen LogP contribution in [-0.4, -0.2) is 16.1 Å². The smallest absolute Gasteiger partial charge is 0.258 e. The van der Waals surface area contributed by atoms with E-state index in [0.717, 1.165) is 38.4 Å². The average molecular weight is 497 g/mol. The van der Waals surface area contributed by atoms with E-state index in [4.69, 9.17) is 28.2 Å². The molecule has 0 aliphatic carbocycles. The van der Waals surface area contributed by atoms with Gasteiger partial charge in [0.1, 0.15) is 0 Å². The fraction of sp³-hybridized carbons (Fsp3) is 0.0833. The van der Waals surface area contributed by atoms with Gasteiger partial charge < -0.3 is 0 Å². The number of nitro benzene ring substituents is 1. The van der Waals surface area contributed by atoms with E-state index >= 15 is 0 Å². The minimum atomic E-state index is -0.412. The maximum Gasteiger partial charge on any atom is 0.269 e. The van der Waals surface area contributed by atoms with Crippen molar-refractivity contribution in [3.05, 3.63) is 97.5 Å². The summed E-state index contributed by atoms with van der Waals surface area (Å²) >= 11 is 13.6. The van der Waals surface area contributed by atoms with Crippen molar-refractivity contribution in [1.29, 1.82) is 0 Å². The number of nitro groups is 1. The number of aromatic nitrogens is 1. The van der Waals surface area contributed by atoms with E-state index in [1.54, 1.807) is 36.5 Å². The predicted octanol–water partition coefficient (Wildman–Crippen LogP) is 7.75. The van der Waals surface area contributed by atoms with Crippen LogP contribution in [0.25, 0.3) is 21.7 Å². The lowest BCUT2D eigenvalue weighted by Gasteiger charge is -2.07. The first-order valence-corrected chi connectivity index (χ1v) is 11.5. The molecule has 0 aliphatic rings. The summed E-state index contributed by atoms with van der Waals surface area (Å²) in [6.45, 7) is 4.08. The Kier molecular flexibility index (Phi) is 6.74. The van der Waals surface area contributed by atoms with Gasteiger partial charge in [-0.2, -0.15) is 5.10 Å². The van der Waals surface area contributed by atoms with Crippen LogP contribution in [0, 0.1) is 24.0 Å². The van der Waals surface area contributed by atoms with Gasteiger partial charge >= 0.3 is 0 Å². The van der Waals surface area contributed by atoms with E-state index in [9.17, 15) is 10.1 Å². The predicted molar refractivity (Wildman–Crippen MR) is 137 cm³/mol. The molecule has 0 unspecified atom stereocenters. The Hall–Kier alpha value is -3.26. The zero-order chi connectivity index (χ0) is 23.5. The van der Waals surface area contributed by atoms with Gasteiger partial charge in [-0.15, -0.1) is 0 Å². The number of nitrogens with zero attached hydrogens (tertiary/aromatic N) is 3. The molecule has 0 saturated carbocycles. The Morgan fingerprint density at radius 3 is 2.48 bits per heavy atom. The number of hydrogen-bond donors (Lipinski definition) is 1. The van der Waals surface area contributed by atoms with Crippen molar-refractivity contribution in [3.63, 3.8) is 0 Å². The number of hydrazone groups is 1. The summed E-state index contributed by atoms with van der Waals surface area (Å²) in [5, 5.41) is 17.0.